The lowest BCUT2D eigenvalue weighted by molar-refractivity contribution is -0.147. The summed E-state index contributed by atoms with van der Waals surface area (Å²) in [6, 6.07) is 0. The van der Waals surface area contributed by atoms with Crippen LogP contribution in [-0.4, -0.2) is 34.3 Å². The molecule has 0 radical (unpaired) electrons. The molecule has 21 heavy (non-hydrogen) atoms. The largest absolute Gasteiger partial charge is 0.481 e. The van der Waals surface area contributed by atoms with E-state index in [0.29, 0.717) is 18.9 Å². The number of aliphatic carboxylic acids is 1. The van der Waals surface area contributed by atoms with Crippen LogP contribution in [0.1, 0.15) is 45.4 Å². The van der Waals surface area contributed by atoms with Crippen LogP contribution in [-0.2, 0) is 14.4 Å². The number of carbonyl (C=O) groups excluding carboxylic acids is 2. The van der Waals surface area contributed by atoms with Gasteiger partial charge in [-0.05, 0) is 37.5 Å². The summed E-state index contributed by atoms with van der Waals surface area (Å²) in [6.07, 6.45) is 5.03. The molecule has 2 saturated carbocycles. The van der Waals surface area contributed by atoms with E-state index in [0.717, 1.165) is 32.1 Å². The summed E-state index contributed by atoms with van der Waals surface area (Å²) >= 11 is 0. The van der Waals surface area contributed by atoms with Crippen molar-refractivity contribution in [1.29, 1.82) is 0 Å². The lowest BCUT2D eigenvalue weighted by Crippen LogP contribution is -2.38. The normalized spacial score (nSPS) is 39.1. The molecule has 2 amide bonds. The van der Waals surface area contributed by atoms with Gasteiger partial charge in [0.25, 0.3) is 0 Å². The van der Waals surface area contributed by atoms with Crippen LogP contribution in [0.4, 0.5) is 0 Å². The highest BCUT2D eigenvalue weighted by atomic mass is 16.4. The zero-order chi connectivity index (χ0) is 15.1. The van der Waals surface area contributed by atoms with Gasteiger partial charge in [0, 0.05) is 6.54 Å². The van der Waals surface area contributed by atoms with Crippen molar-refractivity contribution in [1.82, 2.24) is 4.90 Å². The van der Waals surface area contributed by atoms with Crippen molar-refractivity contribution in [2.75, 3.05) is 6.54 Å². The molecule has 0 bridgehead atoms. The van der Waals surface area contributed by atoms with Gasteiger partial charge in [-0.15, -0.1) is 0 Å². The maximum atomic E-state index is 12.5. The monoisotopic (exact) mass is 293 g/mol. The molecule has 3 aliphatic rings. The van der Waals surface area contributed by atoms with Gasteiger partial charge in [-0.1, -0.05) is 19.8 Å². The Morgan fingerprint density at radius 1 is 1.19 bits per heavy atom. The Kier molecular flexibility index (Phi) is 3.76. The third kappa shape index (κ3) is 2.36. The van der Waals surface area contributed by atoms with E-state index in [4.69, 9.17) is 0 Å². The lowest BCUT2D eigenvalue weighted by atomic mass is 9.95. The summed E-state index contributed by atoms with van der Waals surface area (Å²) in [6.45, 7) is 2.42. The number of hydrogen-bond donors (Lipinski definition) is 1. The van der Waals surface area contributed by atoms with Gasteiger partial charge in [0.1, 0.15) is 0 Å². The van der Waals surface area contributed by atoms with Crippen LogP contribution in [0.3, 0.4) is 0 Å². The molecular weight excluding hydrogens is 270 g/mol. The van der Waals surface area contributed by atoms with E-state index in [1.807, 2.05) is 0 Å². The van der Waals surface area contributed by atoms with Crippen LogP contribution in [0.2, 0.25) is 0 Å². The maximum absolute atomic E-state index is 12.5. The number of rotatable bonds is 4. The second kappa shape index (κ2) is 5.43. The van der Waals surface area contributed by atoms with Gasteiger partial charge in [-0.3, -0.25) is 19.3 Å². The molecule has 0 spiro atoms. The number of hydrogen-bond acceptors (Lipinski definition) is 3. The SMILES string of the molecule is CCC1CC2C(=O)N(CC3CCCC3C(=O)O)C(=O)C2C1. The summed E-state index contributed by atoms with van der Waals surface area (Å²) in [7, 11) is 0. The Labute approximate surface area is 124 Å². The molecule has 5 nitrogen and oxygen atoms in total. The first-order chi connectivity index (χ1) is 10.0. The maximum Gasteiger partial charge on any atom is 0.306 e. The Balaban J connectivity index is 1.69. The van der Waals surface area contributed by atoms with Gasteiger partial charge < -0.3 is 5.11 Å². The number of imide groups is 1. The fourth-order valence-corrected chi connectivity index (χ4v) is 4.53. The molecule has 3 rings (SSSR count). The Morgan fingerprint density at radius 2 is 1.81 bits per heavy atom. The Hall–Kier alpha value is -1.39. The highest BCUT2D eigenvalue weighted by Crippen LogP contribution is 2.45. The Bertz CT molecular complexity index is 451. The summed E-state index contributed by atoms with van der Waals surface area (Å²) in [5.41, 5.74) is 0. The van der Waals surface area contributed by atoms with Crippen LogP contribution in [0.25, 0.3) is 0 Å². The molecule has 1 heterocycles. The van der Waals surface area contributed by atoms with E-state index in [1.165, 1.54) is 4.90 Å². The minimum atomic E-state index is -0.789. The van der Waals surface area contributed by atoms with E-state index in [1.54, 1.807) is 0 Å². The van der Waals surface area contributed by atoms with Crippen LogP contribution in [0.5, 0.6) is 0 Å². The molecule has 4 atom stereocenters. The predicted molar refractivity (Wildman–Crippen MR) is 75.2 cm³/mol. The average molecular weight is 293 g/mol. The molecule has 4 unspecified atom stereocenters. The van der Waals surface area contributed by atoms with E-state index in [2.05, 4.69) is 6.92 Å². The minimum absolute atomic E-state index is 0.0445. The van der Waals surface area contributed by atoms with Crippen LogP contribution < -0.4 is 0 Å². The lowest BCUT2D eigenvalue weighted by Gasteiger charge is -2.23. The van der Waals surface area contributed by atoms with E-state index >= 15 is 0 Å². The highest BCUT2D eigenvalue weighted by molar-refractivity contribution is 6.05. The first-order valence-electron chi connectivity index (χ1n) is 8.11. The first-order valence-corrected chi connectivity index (χ1v) is 8.11. The molecule has 0 aromatic carbocycles. The zero-order valence-corrected chi connectivity index (χ0v) is 12.5. The number of fused-ring (bicyclic) bond motifs is 1. The van der Waals surface area contributed by atoms with Crippen molar-refractivity contribution in [3.05, 3.63) is 0 Å². The quantitative estimate of drug-likeness (QED) is 0.803. The Morgan fingerprint density at radius 3 is 2.33 bits per heavy atom. The fourth-order valence-electron chi connectivity index (χ4n) is 4.53. The van der Waals surface area contributed by atoms with E-state index in [-0.39, 0.29) is 29.6 Å². The molecule has 116 valence electrons. The van der Waals surface area contributed by atoms with Crippen molar-refractivity contribution in [2.24, 2.45) is 29.6 Å². The van der Waals surface area contributed by atoms with Crippen LogP contribution >= 0.6 is 0 Å². The molecule has 1 N–H and O–H groups in total. The van der Waals surface area contributed by atoms with Gasteiger partial charge in [0.2, 0.25) is 11.8 Å². The van der Waals surface area contributed by atoms with Crippen LogP contribution in [0.15, 0.2) is 0 Å². The number of likely N-dealkylation sites (tertiary alicyclic amines) is 1. The topological polar surface area (TPSA) is 74.7 Å². The predicted octanol–water partition coefficient (Wildman–Crippen LogP) is 1.91. The van der Waals surface area contributed by atoms with Crippen molar-refractivity contribution >= 4 is 17.8 Å². The second-order valence-corrected chi connectivity index (χ2v) is 6.88. The van der Waals surface area contributed by atoms with Crippen molar-refractivity contribution in [2.45, 2.75) is 45.4 Å². The van der Waals surface area contributed by atoms with E-state index in [9.17, 15) is 19.5 Å². The number of carbonyl (C=O) groups is 3. The molecule has 1 aliphatic heterocycles. The van der Waals surface area contributed by atoms with Gasteiger partial charge in [0.15, 0.2) is 0 Å². The second-order valence-electron chi connectivity index (χ2n) is 6.88. The molecule has 5 heteroatoms. The molecule has 0 aromatic rings. The smallest absolute Gasteiger partial charge is 0.306 e. The van der Waals surface area contributed by atoms with Gasteiger partial charge in [-0.25, -0.2) is 0 Å². The van der Waals surface area contributed by atoms with Crippen molar-refractivity contribution in [3.63, 3.8) is 0 Å². The average Bonchev–Trinajstić information content (AvgIpc) is 3.13. The number of carboxylic acid groups (broad SMARTS) is 1. The molecule has 1 saturated heterocycles. The molecule has 2 aliphatic carbocycles. The third-order valence-corrected chi connectivity index (χ3v) is 5.80. The molecule has 0 aromatic heterocycles. The standard InChI is InChI=1S/C16H23NO4/c1-2-9-6-12-13(7-9)15(19)17(14(12)18)8-10-4-3-5-11(10)16(20)21/h9-13H,2-8H2,1H3,(H,20,21). The fraction of sp³-hybridized carbons (Fsp3) is 0.812. The van der Waals surface area contributed by atoms with Gasteiger partial charge >= 0.3 is 5.97 Å². The van der Waals surface area contributed by atoms with Crippen molar-refractivity contribution in [3.8, 4) is 0 Å². The summed E-state index contributed by atoms with van der Waals surface area (Å²) in [5, 5.41) is 9.23. The van der Waals surface area contributed by atoms with E-state index < -0.39 is 11.9 Å². The summed E-state index contributed by atoms with van der Waals surface area (Å²) in [4.78, 5) is 37.6. The zero-order valence-electron chi connectivity index (χ0n) is 12.5. The van der Waals surface area contributed by atoms with Gasteiger partial charge in [0.05, 0.1) is 17.8 Å². The summed E-state index contributed by atoms with van der Waals surface area (Å²) in [5.74, 6) is -1.10. The first kappa shape index (κ1) is 14.5. The highest BCUT2D eigenvalue weighted by Gasteiger charge is 2.53. The number of carboxylic acids is 1. The number of amides is 2. The molecule has 3 fully saturated rings. The van der Waals surface area contributed by atoms with Crippen LogP contribution in [0, 0.1) is 29.6 Å². The van der Waals surface area contributed by atoms with Crippen molar-refractivity contribution < 1.29 is 19.5 Å². The third-order valence-electron chi connectivity index (χ3n) is 5.80. The van der Waals surface area contributed by atoms with Gasteiger partial charge in [-0.2, -0.15) is 0 Å². The number of nitrogens with zero attached hydrogens (tertiary/aromatic N) is 1. The minimum Gasteiger partial charge on any atom is -0.481 e. The summed E-state index contributed by atoms with van der Waals surface area (Å²) < 4.78 is 0. The molecular formula is C16H23NO4.